The molecule has 1 aromatic carbocycles. The van der Waals surface area contributed by atoms with Crippen LogP contribution < -0.4 is 10.2 Å². The fourth-order valence-electron chi connectivity index (χ4n) is 3.13. The molecule has 0 spiro atoms. The van der Waals surface area contributed by atoms with E-state index in [0.717, 1.165) is 11.3 Å². The number of aromatic nitrogens is 2. The zero-order valence-corrected chi connectivity index (χ0v) is 15.7. The van der Waals surface area contributed by atoms with Crippen molar-refractivity contribution in [3.05, 3.63) is 47.7 Å². The number of sulfone groups is 1. The molecule has 3 rings (SSSR count). The van der Waals surface area contributed by atoms with E-state index in [-0.39, 0.29) is 29.1 Å². The Morgan fingerprint density at radius 2 is 2.00 bits per heavy atom. The van der Waals surface area contributed by atoms with Gasteiger partial charge in [0, 0.05) is 18.3 Å². The van der Waals surface area contributed by atoms with Crippen molar-refractivity contribution in [3.63, 3.8) is 0 Å². The highest BCUT2D eigenvalue weighted by atomic mass is 32.2. The van der Waals surface area contributed by atoms with Crippen molar-refractivity contribution >= 4 is 27.2 Å². The molecule has 1 fully saturated rings. The summed E-state index contributed by atoms with van der Waals surface area (Å²) in [6, 6.07) is 10.7. The maximum Gasteiger partial charge on any atom is 0.276 e. The van der Waals surface area contributed by atoms with Crippen molar-refractivity contribution in [3.8, 4) is 0 Å². The Morgan fingerprint density at radius 1 is 1.23 bits per heavy atom. The maximum absolute atomic E-state index is 12.4. The summed E-state index contributed by atoms with van der Waals surface area (Å²) >= 11 is 0. The minimum atomic E-state index is -2.97. The van der Waals surface area contributed by atoms with Crippen LogP contribution in [0.5, 0.6) is 0 Å². The Morgan fingerprint density at radius 3 is 2.58 bits per heavy atom. The molecule has 2 aromatic rings. The van der Waals surface area contributed by atoms with Gasteiger partial charge < -0.3 is 10.2 Å². The standard InChI is InChI=1S/C18H22N4O3S/c1-3-22(14-10-11-26(24,25)12-14)17-9-8-16(20-21-17)18(23)19-15-7-5-4-6-13(15)2/h4-9,14H,3,10-12H2,1-2H3,(H,19,23). The molecule has 1 aromatic heterocycles. The van der Waals surface area contributed by atoms with Gasteiger partial charge >= 0.3 is 0 Å². The summed E-state index contributed by atoms with van der Waals surface area (Å²) in [5, 5.41) is 11.0. The highest BCUT2D eigenvalue weighted by molar-refractivity contribution is 7.91. The molecule has 0 saturated carbocycles. The van der Waals surface area contributed by atoms with E-state index >= 15 is 0 Å². The summed E-state index contributed by atoms with van der Waals surface area (Å²) in [5.41, 5.74) is 1.91. The summed E-state index contributed by atoms with van der Waals surface area (Å²) < 4.78 is 23.4. The predicted molar refractivity (Wildman–Crippen MR) is 101 cm³/mol. The van der Waals surface area contributed by atoms with Crippen LogP contribution in [0.1, 0.15) is 29.4 Å². The molecule has 138 valence electrons. The van der Waals surface area contributed by atoms with Crippen LogP contribution in [0.15, 0.2) is 36.4 Å². The normalized spacial score (nSPS) is 18.5. The average Bonchev–Trinajstić information content (AvgIpc) is 2.98. The third kappa shape index (κ3) is 4.01. The molecule has 0 aliphatic carbocycles. The van der Waals surface area contributed by atoms with E-state index in [1.54, 1.807) is 12.1 Å². The van der Waals surface area contributed by atoms with E-state index in [2.05, 4.69) is 15.5 Å². The Balaban J connectivity index is 1.73. The van der Waals surface area contributed by atoms with Crippen LogP contribution in [0.2, 0.25) is 0 Å². The Labute approximate surface area is 153 Å². The van der Waals surface area contributed by atoms with Crippen LogP contribution in [0, 0.1) is 6.92 Å². The van der Waals surface area contributed by atoms with Crippen LogP contribution in [0.4, 0.5) is 11.5 Å². The number of para-hydroxylation sites is 1. The number of nitrogens with zero attached hydrogens (tertiary/aromatic N) is 3. The second-order valence-corrected chi connectivity index (χ2v) is 8.62. The number of rotatable bonds is 5. The molecule has 1 atom stereocenters. The molecular formula is C18H22N4O3S. The third-order valence-electron chi connectivity index (χ3n) is 4.56. The lowest BCUT2D eigenvalue weighted by Crippen LogP contribution is -2.37. The number of anilines is 2. The van der Waals surface area contributed by atoms with E-state index in [4.69, 9.17) is 0 Å². The number of aryl methyl sites for hydroxylation is 1. The number of carbonyl (C=O) groups excluding carboxylic acids is 1. The van der Waals surface area contributed by atoms with Gasteiger partial charge in [-0.3, -0.25) is 4.79 Å². The minimum absolute atomic E-state index is 0.0917. The molecule has 1 N–H and O–H groups in total. The molecule has 1 aliphatic heterocycles. The quantitative estimate of drug-likeness (QED) is 0.861. The maximum atomic E-state index is 12.4. The second-order valence-electron chi connectivity index (χ2n) is 6.39. The van der Waals surface area contributed by atoms with Gasteiger partial charge in [-0.2, -0.15) is 0 Å². The lowest BCUT2D eigenvalue weighted by atomic mass is 10.2. The summed E-state index contributed by atoms with van der Waals surface area (Å²) in [7, 11) is -2.97. The second kappa shape index (κ2) is 7.41. The fourth-order valence-corrected chi connectivity index (χ4v) is 4.86. The van der Waals surface area contributed by atoms with Crippen LogP contribution in [-0.4, -0.2) is 48.6 Å². The summed E-state index contributed by atoms with van der Waals surface area (Å²) in [6.07, 6.45) is 0.591. The van der Waals surface area contributed by atoms with Gasteiger partial charge in [0.15, 0.2) is 21.3 Å². The number of nitrogens with one attached hydrogen (secondary N) is 1. The molecule has 1 unspecified atom stereocenters. The Bertz CT molecular complexity index is 897. The van der Waals surface area contributed by atoms with E-state index in [1.165, 1.54) is 0 Å². The first-order valence-electron chi connectivity index (χ1n) is 8.57. The highest BCUT2D eigenvalue weighted by Gasteiger charge is 2.32. The number of benzene rings is 1. The van der Waals surface area contributed by atoms with E-state index < -0.39 is 9.84 Å². The topological polar surface area (TPSA) is 92.3 Å². The van der Waals surface area contributed by atoms with Crippen molar-refractivity contribution in [2.45, 2.75) is 26.3 Å². The van der Waals surface area contributed by atoms with Gasteiger partial charge in [0.05, 0.1) is 11.5 Å². The van der Waals surface area contributed by atoms with E-state index in [0.29, 0.717) is 18.8 Å². The van der Waals surface area contributed by atoms with Gasteiger partial charge in [-0.1, -0.05) is 18.2 Å². The number of hydrogen-bond donors (Lipinski definition) is 1. The van der Waals surface area contributed by atoms with Crippen molar-refractivity contribution in [2.24, 2.45) is 0 Å². The van der Waals surface area contributed by atoms with Gasteiger partial charge in [-0.05, 0) is 44.0 Å². The SMILES string of the molecule is CCN(c1ccc(C(=O)Nc2ccccc2C)nn1)C1CCS(=O)(=O)C1. The zero-order valence-electron chi connectivity index (χ0n) is 14.8. The van der Waals surface area contributed by atoms with Gasteiger partial charge in [-0.15, -0.1) is 10.2 Å². The number of carbonyl (C=O) groups is 1. The van der Waals surface area contributed by atoms with Crippen LogP contribution in [0.3, 0.4) is 0 Å². The van der Waals surface area contributed by atoms with Crippen molar-refractivity contribution < 1.29 is 13.2 Å². The smallest absolute Gasteiger partial charge is 0.276 e. The molecule has 2 heterocycles. The van der Waals surface area contributed by atoms with Crippen LogP contribution >= 0.6 is 0 Å². The zero-order chi connectivity index (χ0) is 18.7. The van der Waals surface area contributed by atoms with Gasteiger partial charge in [0.25, 0.3) is 5.91 Å². The summed E-state index contributed by atoms with van der Waals surface area (Å²) in [5.74, 6) is 0.600. The van der Waals surface area contributed by atoms with Crippen LogP contribution in [-0.2, 0) is 9.84 Å². The number of hydrogen-bond acceptors (Lipinski definition) is 6. The van der Waals surface area contributed by atoms with Crippen LogP contribution in [0.25, 0.3) is 0 Å². The molecular weight excluding hydrogens is 352 g/mol. The first-order valence-corrected chi connectivity index (χ1v) is 10.4. The molecule has 7 nitrogen and oxygen atoms in total. The Kier molecular flexibility index (Phi) is 5.22. The lowest BCUT2D eigenvalue weighted by molar-refractivity contribution is 0.102. The van der Waals surface area contributed by atoms with E-state index in [1.807, 2.05) is 43.0 Å². The molecule has 8 heteroatoms. The molecule has 1 aliphatic rings. The third-order valence-corrected chi connectivity index (χ3v) is 6.31. The fraction of sp³-hybridized carbons (Fsp3) is 0.389. The van der Waals surface area contributed by atoms with Crippen molar-refractivity contribution in [2.75, 3.05) is 28.3 Å². The largest absolute Gasteiger partial charge is 0.351 e. The molecule has 0 bridgehead atoms. The molecule has 0 radical (unpaired) electrons. The first kappa shape index (κ1) is 18.3. The van der Waals surface area contributed by atoms with Crippen molar-refractivity contribution in [1.82, 2.24) is 10.2 Å². The highest BCUT2D eigenvalue weighted by Crippen LogP contribution is 2.22. The first-order chi connectivity index (χ1) is 12.4. The van der Waals surface area contributed by atoms with Gasteiger partial charge in [0.2, 0.25) is 0 Å². The Hall–Kier alpha value is -2.48. The predicted octanol–water partition coefficient (Wildman–Crippen LogP) is 2.05. The average molecular weight is 374 g/mol. The summed E-state index contributed by atoms with van der Waals surface area (Å²) in [4.78, 5) is 14.3. The molecule has 26 heavy (non-hydrogen) atoms. The monoisotopic (exact) mass is 374 g/mol. The minimum Gasteiger partial charge on any atom is -0.351 e. The molecule has 1 saturated heterocycles. The van der Waals surface area contributed by atoms with Crippen molar-refractivity contribution in [1.29, 1.82) is 0 Å². The molecule has 1 amide bonds. The number of amides is 1. The van der Waals surface area contributed by atoms with Gasteiger partial charge in [0.1, 0.15) is 0 Å². The van der Waals surface area contributed by atoms with E-state index in [9.17, 15) is 13.2 Å². The lowest BCUT2D eigenvalue weighted by Gasteiger charge is -2.27. The van der Waals surface area contributed by atoms with Gasteiger partial charge in [-0.25, -0.2) is 8.42 Å². The summed E-state index contributed by atoms with van der Waals surface area (Å²) in [6.45, 7) is 4.49.